The van der Waals surface area contributed by atoms with Crippen molar-refractivity contribution >= 4 is 5.82 Å². The molecule has 0 atom stereocenters. The van der Waals surface area contributed by atoms with Crippen LogP contribution in [0.4, 0.5) is 5.82 Å². The molecule has 1 aromatic heterocycles. The van der Waals surface area contributed by atoms with Crippen LogP contribution in [0.3, 0.4) is 0 Å². The monoisotopic (exact) mass is 178 g/mol. The predicted octanol–water partition coefficient (Wildman–Crippen LogP) is 1.61. The zero-order chi connectivity index (χ0) is 9.26. The van der Waals surface area contributed by atoms with Gasteiger partial charge in [0, 0.05) is 12.2 Å². The van der Waals surface area contributed by atoms with Gasteiger partial charge in [-0.15, -0.1) is 0 Å². The Kier molecular flexibility index (Phi) is 2.08. The lowest BCUT2D eigenvalue weighted by molar-refractivity contribution is 0.306. The molecule has 0 radical (unpaired) electrons. The summed E-state index contributed by atoms with van der Waals surface area (Å²) in [7, 11) is 0. The minimum absolute atomic E-state index is 0.769. The van der Waals surface area contributed by atoms with Crippen molar-refractivity contribution in [2.75, 3.05) is 24.6 Å². The molecule has 0 unspecified atom stereocenters. The van der Waals surface area contributed by atoms with Crippen molar-refractivity contribution < 1.29 is 4.74 Å². The third-order valence-corrected chi connectivity index (χ3v) is 2.28. The summed E-state index contributed by atoms with van der Waals surface area (Å²) in [6.45, 7) is 6.85. The van der Waals surface area contributed by atoms with Gasteiger partial charge in [-0.1, -0.05) is 0 Å². The molecular weight excluding hydrogens is 164 g/mol. The molecule has 0 fully saturated rings. The molecular formula is C10H14N2O. The summed E-state index contributed by atoms with van der Waals surface area (Å²) in [6, 6.07) is 3.98. The molecule has 1 aliphatic rings. The lowest BCUT2D eigenvalue weighted by Crippen LogP contribution is -2.33. The number of fused-ring (bicyclic) bond motifs is 1. The molecule has 0 aliphatic carbocycles. The predicted molar refractivity (Wildman–Crippen MR) is 52.4 cm³/mol. The molecule has 0 aromatic carbocycles. The molecule has 2 heterocycles. The first kappa shape index (κ1) is 8.35. The first-order valence-electron chi connectivity index (χ1n) is 4.66. The molecule has 0 spiro atoms. The van der Waals surface area contributed by atoms with Gasteiger partial charge < -0.3 is 9.64 Å². The third kappa shape index (κ3) is 1.46. The van der Waals surface area contributed by atoms with Crippen LogP contribution in [0.25, 0.3) is 0 Å². The smallest absolute Gasteiger partial charge is 0.171 e. The van der Waals surface area contributed by atoms with Crippen molar-refractivity contribution in [2.24, 2.45) is 0 Å². The van der Waals surface area contributed by atoms with Crippen molar-refractivity contribution in [3.05, 3.63) is 17.8 Å². The van der Waals surface area contributed by atoms with Gasteiger partial charge >= 0.3 is 0 Å². The highest BCUT2D eigenvalue weighted by atomic mass is 16.5. The summed E-state index contributed by atoms with van der Waals surface area (Å²) in [5.74, 6) is 1.91. The van der Waals surface area contributed by atoms with Crippen molar-refractivity contribution in [1.82, 2.24) is 4.98 Å². The van der Waals surface area contributed by atoms with Crippen LogP contribution in [0.1, 0.15) is 12.6 Å². The molecule has 3 nitrogen and oxygen atoms in total. The summed E-state index contributed by atoms with van der Waals surface area (Å²) >= 11 is 0. The Bertz CT molecular complexity index is 312. The number of ether oxygens (including phenoxy) is 1. The van der Waals surface area contributed by atoms with E-state index < -0.39 is 0 Å². The maximum atomic E-state index is 5.51. The summed E-state index contributed by atoms with van der Waals surface area (Å²) in [6.07, 6.45) is 0. The number of rotatable bonds is 1. The first-order chi connectivity index (χ1) is 6.31. The second-order valence-corrected chi connectivity index (χ2v) is 3.20. The molecule has 1 aromatic rings. The van der Waals surface area contributed by atoms with E-state index in [0.29, 0.717) is 0 Å². The van der Waals surface area contributed by atoms with E-state index in [-0.39, 0.29) is 0 Å². The average Bonchev–Trinajstić information content (AvgIpc) is 2.17. The van der Waals surface area contributed by atoms with Gasteiger partial charge in [0.1, 0.15) is 6.61 Å². The van der Waals surface area contributed by atoms with Crippen LogP contribution in [-0.2, 0) is 0 Å². The molecule has 0 bridgehead atoms. The normalized spacial score (nSPS) is 15.1. The van der Waals surface area contributed by atoms with Crippen molar-refractivity contribution in [3.63, 3.8) is 0 Å². The van der Waals surface area contributed by atoms with Crippen molar-refractivity contribution in [3.8, 4) is 5.75 Å². The number of anilines is 1. The molecule has 70 valence electrons. The van der Waals surface area contributed by atoms with Crippen LogP contribution < -0.4 is 9.64 Å². The summed E-state index contributed by atoms with van der Waals surface area (Å²) < 4.78 is 5.51. The fraction of sp³-hybridized carbons (Fsp3) is 0.500. The Morgan fingerprint density at radius 1 is 1.54 bits per heavy atom. The van der Waals surface area contributed by atoms with Crippen LogP contribution >= 0.6 is 0 Å². The number of nitrogens with zero attached hydrogens (tertiary/aromatic N) is 2. The molecule has 1 aliphatic heterocycles. The topological polar surface area (TPSA) is 25.4 Å². The standard InChI is InChI=1S/C10H14N2O/c1-3-12-6-7-13-9-5-4-8(2)11-10(9)12/h4-5H,3,6-7H2,1-2H3. The fourth-order valence-corrected chi connectivity index (χ4v) is 1.55. The Morgan fingerprint density at radius 2 is 2.38 bits per heavy atom. The van der Waals surface area contributed by atoms with Gasteiger partial charge in [0.2, 0.25) is 0 Å². The number of pyridine rings is 1. The van der Waals surface area contributed by atoms with Gasteiger partial charge in [-0.3, -0.25) is 0 Å². The van der Waals surface area contributed by atoms with Crippen LogP contribution in [-0.4, -0.2) is 24.7 Å². The van der Waals surface area contributed by atoms with E-state index in [1.807, 2.05) is 19.1 Å². The number of aryl methyl sites for hydroxylation is 1. The van der Waals surface area contributed by atoms with Crippen LogP contribution in [0, 0.1) is 6.92 Å². The number of likely N-dealkylation sites (N-methyl/N-ethyl adjacent to an activating group) is 1. The third-order valence-electron chi connectivity index (χ3n) is 2.28. The van der Waals surface area contributed by atoms with E-state index in [4.69, 9.17) is 4.74 Å². The molecule has 2 rings (SSSR count). The number of aromatic nitrogens is 1. The van der Waals surface area contributed by atoms with Gasteiger partial charge in [-0.25, -0.2) is 4.98 Å². The van der Waals surface area contributed by atoms with Gasteiger partial charge in [0.25, 0.3) is 0 Å². The van der Waals surface area contributed by atoms with Crippen LogP contribution in [0.2, 0.25) is 0 Å². The SMILES string of the molecule is CCN1CCOc2ccc(C)nc21. The zero-order valence-electron chi connectivity index (χ0n) is 8.08. The molecule has 13 heavy (non-hydrogen) atoms. The largest absolute Gasteiger partial charge is 0.488 e. The number of hydrogen-bond acceptors (Lipinski definition) is 3. The van der Waals surface area contributed by atoms with E-state index in [1.54, 1.807) is 0 Å². The first-order valence-corrected chi connectivity index (χ1v) is 4.66. The fourth-order valence-electron chi connectivity index (χ4n) is 1.55. The van der Waals surface area contributed by atoms with Crippen molar-refractivity contribution in [2.45, 2.75) is 13.8 Å². The summed E-state index contributed by atoms with van der Waals surface area (Å²) in [5, 5.41) is 0. The Hall–Kier alpha value is -1.25. The maximum Gasteiger partial charge on any atom is 0.171 e. The minimum Gasteiger partial charge on any atom is -0.488 e. The molecule has 0 N–H and O–H groups in total. The molecule has 0 saturated heterocycles. The highest BCUT2D eigenvalue weighted by Gasteiger charge is 2.17. The summed E-state index contributed by atoms with van der Waals surface area (Å²) in [5.41, 5.74) is 1.04. The van der Waals surface area contributed by atoms with E-state index in [1.165, 1.54) is 0 Å². The van der Waals surface area contributed by atoms with Crippen LogP contribution in [0.15, 0.2) is 12.1 Å². The summed E-state index contributed by atoms with van der Waals surface area (Å²) in [4.78, 5) is 6.71. The second-order valence-electron chi connectivity index (χ2n) is 3.20. The minimum atomic E-state index is 0.769. The highest BCUT2D eigenvalue weighted by molar-refractivity contribution is 5.54. The zero-order valence-corrected chi connectivity index (χ0v) is 8.08. The Labute approximate surface area is 78.3 Å². The highest BCUT2D eigenvalue weighted by Crippen LogP contribution is 2.28. The van der Waals surface area contributed by atoms with Gasteiger partial charge in [-0.2, -0.15) is 0 Å². The van der Waals surface area contributed by atoms with Gasteiger partial charge in [0.05, 0.1) is 6.54 Å². The lowest BCUT2D eigenvalue weighted by Gasteiger charge is -2.28. The van der Waals surface area contributed by atoms with E-state index in [0.717, 1.165) is 37.0 Å². The number of hydrogen-bond donors (Lipinski definition) is 0. The van der Waals surface area contributed by atoms with Gasteiger partial charge in [-0.05, 0) is 26.0 Å². The lowest BCUT2D eigenvalue weighted by atomic mass is 10.3. The molecule has 0 amide bonds. The molecule has 0 saturated carbocycles. The maximum absolute atomic E-state index is 5.51. The van der Waals surface area contributed by atoms with E-state index in [2.05, 4.69) is 16.8 Å². The quantitative estimate of drug-likeness (QED) is 0.653. The Morgan fingerprint density at radius 3 is 3.15 bits per heavy atom. The van der Waals surface area contributed by atoms with E-state index >= 15 is 0 Å². The van der Waals surface area contributed by atoms with Gasteiger partial charge in [0.15, 0.2) is 11.6 Å². The second kappa shape index (κ2) is 3.24. The molecule has 3 heteroatoms. The van der Waals surface area contributed by atoms with Crippen molar-refractivity contribution in [1.29, 1.82) is 0 Å². The Balaban J connectivity index is 2.41. The van der Waals surface area contributed by atoms with Crippen LogP contribution in [0.5, 0.6) is 5.75 Å². The average molecular weight is 178 g/mol. The van der Waals surface area contributed by atoms with E-state index in [9.17, 15) is 0 Å².